The van der Waals surface area contributed by atoms with Crippen LogP contribution in [-0.4, -0.2) is 34.3 Å². The molecule has 2 atom stereocenters. The monoisotopic (exact) mass is 376 g/mol. The van der Waals surface area contributed by atoms with Crippen LogP contribution in [-0.2, 0) is 0 Å². The van der Waals surface area contributed by atoms with E-state index in [-0.39, 0.29) is 11.9 Å². The van der Waals surface area contributed by atoms with Gasteiger partial charge in [0.1, 0.15) is 0 Å². The molecule has 3 rings (SSSR count). The minimum absolute atomic E-state index is 0.0390. The average molecular weight is 377 g/mol. The van der Waals surface area contributed by atoms with E-state index in [0.717, 1.165) is 35.2 Å². The minimum atomic E-state index is -0.0390. The van der Waals surface area contributed by atoms with Crippen LogP contribution in [0.2, 0.25) is 0 Å². The van der Waals surface area contributed by atoms with Crippen molar-refractivity contribution in [1.29, 1.82) is 0 Å². The molecule has 1 aliphatic rings. The van der Waals surface area contributed by atoms with Crippen LogP contribution in [0.25, 0.3) is 5.69 Å². The number of hydrogen-bond donors (Lipinski definition) is 2. The lowest BCUT2D eigenvalue weighted by Gasteiger charge is -2.28. The van der Waals surface area contributed by atoms with Crippen LogP contribution in [0.15, 0.2) is 34.9 Å². The number of carbonyl (C=O) groups excluding carboxylic acids is 1. The Hall–Kier alpha value is -1.66. The normalized spacial score (nSPS) is 21.2. The number of aromatic nitrogens is 2. The third kappa shape index (κ3) is 3.64. The predicted molar refractivity (Wildman–Crippen MR) is 94.0 cm³/mol. The molecule has 1 fully saturated rings. The van der Waals surface area contributed by atoms with Gasteiger partial charge in [0.05, 0.1) is 23.1 Å². The Balaban J connectivity index is 1.77. The number of carbonyl (C=O) groups is 1. The van der Waals surface area contributed by atoms with Crippen molar-refractivity contribution in [3.05, 3.63) is 46.2 Å². The van der Waals surface area contributed by atoms with Gasteiger partial charge in [-0.2, -0.15) is 5.10 Å². The van der Waals surface area contributed by atoms with E-state index in [0.29, 0.717) is 11.6 Å². The molecule has 2 unspecified atom stereocenters. The molecule has 1 aliphatic heterocycles. The molecule has 0 radical (unpaired) electrons. The Labute approximate surface area is 144 Å². The Bertz CT molecular complexity index is 712. The predicted octanol–water partition coefficient (Wildman–Crippen LogP) is 2.81. The standard InChI is InChI=1S/C17H21BrN4O/c1-11-8-14(6-7-19-11)21-17(23)16-10-20-22(12(16)2)15-5-3-4-13(18)9-15/h3-5,9-11,14,19H,6-8H2,1-2H3,(H,21,23). The Morgan fingerprint density at radius 1 is 1.48 bits per heavy atom. The van der Waals surface area contributed by atoms with Gasteiger partial charge in [-0.25, -0.2) is 4.68 Å². The van der Waals surface area contributed by atoms with Crippen LogP contribution in [0.3, 0.4) is 0 Å². The van der Waals surface area contributed by atoms with Crippen LogP contribution >= 0.6 is 15.9 Å². The van der Waals surface area contributed by atoms with Gasteiger partial charge in [0.2, 0.25) is 0 Å². The lowest BCUT2D eigenvalue weighted by molar-refractivity contribution is 0.0925. The van der Waals surface area contributed by atoms with Gasteiger partial charge in [-0.15, -0.1) is 0 Å². The molecule has 5 nitrogen and oxygen atoms in total. The first kappa shape index (κ1) is 16.2. The molecule has 0 saturated carbocycles. The van der Waals surface area contributed by atoms with Gasteiger partial charge >= 0.3 is 0 Å². The first-order chi connectivity index (χ1) is 11.0. The largest absolute Gasteiger partial charge is 0.349 e. The topological polar surface area (TPSA) is 59.0 Å². The molecule has 0 bridgehead atoms. The zero-order chi connectivity index (χ0) is 16.4. The van der Waals surface area contributed by atoms with E-state index >= 15 is 0 Å². The maximum absolute atomic E-state index is 12.6. The van der Waals surface area contributed by atoms with Crippen molar-refractivity contribution in [1.82, 2.24) is 20.4 Å². The minimum Gasteiger partial charge on any atom is -0.349 e. The van der Waals surface area contributed by atoms with E-state index in [1.807, 2.05) is 31.2 Å². The Morgan fingerprint density at radius 3 is 3.04 bits per heavy atom. The third-order valence-electron chi connectivity index (χ3n) is 4.27. The second-order valence-corrected chi connectivity index (χ2v) is 7.00. The number of hydrogen-bond acceptors (Lipinski definition) is 3. The van der Waals surface area contributed by atoms with Gasteiger partial charge in [-0.3, -0.25) is 4.79 Å². The zero-order valence-corrected chi connectivity index (χ0v) is 14.9. The van der Waals surface area contributed by atoms with Crippen molar-refractivity contribution < 1.29 is 4.79 Å². The molecule has 0 aliphatic carbocycles. The Morgan fingerprint density at radius 2 is 2.30 bits per heavy atom. The van der Waals surface area contributed by atoms with E-state index in [2.05, 4.69) is 38.6 Å². The van der Waals surface area contributed by atoms with Crippen molar-refractivity contribution in [2.75, 3.05) is 6.54 Å². The summed E-state index contributed by atoms with van der Waals surface area (Å²) in [5.74, 6) is -0.0390. The number of halogens is 1. The maximum Gasteiger partial charge on any atom is 0.254 e. The summed E-state index contributed by atoms with van der Waals surface area (Å²) in [6.07, 6.45) is 3.58. The number of piperidine rings is 1. The van der Waals surface area contributed by atoms with Crippen LogP contribution in [0, 0.1) is 6.92 Å². The molecular formula is C17H21BrN4O. The number of nitrogens with zero attached hydrogens (tertiary/aromatic N) is 2. The summed E-state index contributed by atoms with van der Waals surface area (Å²) >= 11 is 3.46. The fourth-order valence-corrected chi connectivity index (χ4v) is 3.41. The van der Waals surface area contributed by atoms with Crippen LogP contribution in [0.5, 0.6) is 0 Å². The van der Waals surface area contributed by atoms with Crippen LogP contribution in [0.1, 0.15) is 35.8 Å². The van der Waals surface area contributed by atoms with Gasteiger partial charge in [0.25, 0.3) is 5.91 Å². The van der Waals surface area contributed by atoms with E-state index in [1.54, 1.807) is 10.9 Å². The van der Waals surface area contributed by atoms with Crippen LogP contribution < -0.4 is 10.6 Å². The molecule has 1 aromatic carbocycles. The Kier molecular flexibility index (Phi) is 4.82. The summed E-state index contributed by atoms with van der Waals surface area (Å²) < 4.78 is 2.78. The molecule has 1 aromatic heterocycles. The smallest absolute Gasteiger partial charge is 0.254 e. The molecule has 2 heterocycles. The SMILES string of the molecule is Cc1c(C(=O)NC2CCNC(C)C2)cnn1-c1cccc(Br)c1. The zero-order valence-electron chi connectivity index (χ0n) is 13.3. The average Bonchev–Trinajstić information content (AvgIpc) is 2.89. The molecule has 0 spiro atoms. The van der Waals surface area contributed by atoms with Crippen molar-refractivity contribution in [3.63, 3.8) is 0 Å². The fourth-order valence-electron chi connectivity index (χ4n) is 3.03. The van der Waals surface area contributed by atoms with E-state index < -0.39 is 0 Å². The first-order valence-corrected chi connectivity index (χ1v) is 8.68. The summed E-state index contributed by atoms with van der Waals surface area (Å²) in [4.78, 5) is 12.6. The molecule has 6 heteroatoms. The quantitative estimate of drug-likeness (QED) is 0.865. The molecular weight excluding hydrogens is 356 g/mol. The first-order valence-electron chi connectivity index (χ1n) is 7.89. The van der Waals surface area contributed by atoms with Gasteiger partial charge in [-0.05, 0) is 51.4 Å². The summed E-state index contributed by atoms with van der Waals surface area (Å²) in [5.41, 5.74) is 2.42. The third-order valence-corrected chi connectivity index (χ3v) is 4.76. The van der Waals surface area contributed by atoms with Gasteiger partial charge < -0.3 is 10.6 Å². The highest BCUT2D eigenvalue weighted by molar-refractivity contribution is 9.10. The summed E-state index contributed by atoms with van der Waals surface area (Å²) in [6, 6.07) is 8.55. The van der Waals surface area contributed by atoms with E-state index in [9.17, 15) is 4.79 Å². The van der Waals surface area contributed by atoms with E-state index in [1.165, 1.54) is 0 Å². The molecule has 122 valence electrons. The second-order valence-electron chi connectivity index (χ2n) is 6.09. The molecule has 23 heavy (non-hydrogen) atoms. The molecule has 2 N–H and O–H groups in total. The van der Waals surface area contributed by atoms with Gasteiger partial charge in [0, 0.05) is 16.6 Å². The second kappa shape index (κ2) is 6.84. The van der Waals surface area contributed by atoms with Crippen molar-refractivity contribution in [3.8, 4) is 5.69 Å². The van der Waals surface area contributed by atoms with Crippen molar-refractivity contribution in [2.45, 2.75) is 38.8 Å². The van der Waals surface area contributed by atoms with Gasteiger partial charge in [-0.1, -0.05) is 22.0 Å². The lowest BCUT2D eigenvalue weighted by Crippen LogP contribution is -2.46. The lowest BCUT2D eigenvalue weighted by atomic mass is 10.0. The summed E-state index contributed by atoms with van der Waals surface area (Å²) in [6.45, 7) is 5.02. The number of nitrogens with one attached hydrogen (secondary N) is 2. The number of rotatable bonds is 3. The summed E-state index contributed by atoms with van der Waals surface area (Å²) in [7, 11) is 0. The van der Waals surface area contributed by atoms with Crippen LogP contribution in [0.4, 0.5) is 0 Å². The van der Waals surface area contributed by atoms with Gasteiger partial charge in [0.15, 0.2) is 0 Å². The number of amides is 1. The highest BCUT2D eigenvalue weighted by Gasteiger charge is 2.22. The summed E-state index contributed by atoms with van der Waals surface area (Å²) in [5, 5.41) is 10.9. The molecule has 1 amide bonds. The highest BCUT2D eigenvalue weighted by atomic mass is 79.9. The van der Waals surface area contributed by atoms with Crippen molar-refractivity contribution in [2.24, 2.45) is 0 Å². The molecule has 2 aromatic rings. The maximum atomic E-state index is 12.6. The number of benzene rings is 1. The molecule has 1 saturated heterocycles. The van der Waals surface area contributed by atoms with E-state index in [4.69, 9.17) is 0 Å². The highest BCUT2D eigenvalue weighted by Crippen LogP contribution is 2.19. The van der Waals surface area contributed by atoms with Crippen molar-refractivity contribution >= 4 is 21.8 Å². The fraction of sp³-hybridized carbons (Fsp3) is 0.412.